The quantitative estimate of drug-likeness (QED) is 0.689. The summed E-state index contributed by atoms with van der Waals surface area (Å²) in [7, 11) is 0. The molecule has 4 rings (SSSR count). The molecule has 0 atom stereocenters. The monoisotopic (exact) mass is 289 g/mol. The number of fused-ring (bicyclic) bond motifs is 2. The Hall–Kier alpha value is -2.94. The van der Waals surface area contributed by atoms with Crippen LogP contribution in [0.25, 0.3) is 22.1 Å². The molecular weight excluding hydrogens is 279 g/mol. The fraction of sp³-hybridized carbons (Fsp3) is 0. The van der Waals surface area contributed by atoms with E-state index in [2.05, 4.69) is 0 Å². The van der Waals surface area contributed by atoms with Crippen LogP contribution in [0.4, 0.5) is 4.39 Å². The van der Waals surface area contributed by atoms with E-state index >= 15 is 0 Å². The van der Waals surface area contributed by atoms with Gasteiger partial charge >= 0.3 is 0 Å². The van der Waals surface area contributed by atoms with Gasteiger partial charge in [0.05, 0.1) is 0 Å². The summed E-state index contributed by atoms with van der Waals surface area (Å²) in [5.41, 5.74) is 1.16. The molecule has 0 aromatic heterocycles. The van der Waals surface area contributed by atoms with E-state index < -0.39 is 5.82 Å². The standard InChI is InChI=1S/C19H11FO2/c20-14-7-3-6-13(8-14)17-18(21)15-9-11-4-1-2-5-12(11)10-16(15)19(17)22/h1-10,21H/p-1. The van der Waals surface area contributed by atoms with Gasteiger partial charge in [-0.15, -0.1) is 0 Å². The largest absolute Gasteiger partial charge is 0.872 e. The number of carbonyl (C=O) groups excluding carboxylic acids is 1. The van der Waals surface area contributed by atoms with Gasteiger partial charge in [0.2, 0.25) is 0 Å². The minimum absolute atomic E-state index is 0.0461. The number of benzene rings is 3. The molecule has 2 nitrogen and oxygen atoms in total. The van der Waals surface area contributed by atoms with Gasteiger partial charge in [-0.05, 0) is 46.2 Å². The van der Waals surface area contributed by atoms with E-state index in [0.717, 1.165) is 10.8 Å². The Morgan fingerprint density at radius 2 is 1.50 bits per heavy atom. The van der Waals surface area contributed by atoms with E-state index in [1.54, 1.807) is 18.2 Å². The summed E-state index contributed by atoms with van der Waals surface area (Å²) >= 11 is 0. The molecular formula is C19H10FO2-. The van der Waals surface area contributed by atoms with Gasteiger partial charge in [0.15, 0.2) is 5.78 Å². The zero-order valence-electron chi connectivity index (χ0n) is 11.5. The van der Waals surface area contributed by atoms with Gasteiger partial charge in [-0.3, -0.25) is 4.79 Å². The number of hydrogen-bond donors (Lipinski definition) is 0. The van der Waals surface area contributed by atoms with Crippen LogP contribution in [0, 0.1) is 5.82 Å². The van der Waals surface area contributed by atoms with Crippen molar-refractivity contribution in [3.05, 3.63) is 83.2 Å². The molecule has 0 bridgehead atoms. The van der Waals surface area contributed by atoms with Crippen molar-refractivity contribution >= 4 is 27.9 Å². The first-order valence-electron chi connectivity index (χ1n) is 6.90. The molecule has 0 amide bonds. The number of allylic oxidation sites excluding steroid dienone is 1. The van der Waals surface area contributed by atoms with E-state index in [1.165, 1.54) is 18.2 Å². The number of carbonyl (C=O) groups is 1. The maximum Gasteiger partial charge on any atom is 0.193 e. The Kier molecular flexibility index (Phi) is 2.63. The van der Waals surface area contributed by atoms with Crippen molar-refractivity contribution in [3.8, 4) is 0 Å². The normalized spacial score (nSPS) is 13.8. The number of hydrogen-bond acceptors (Lipinski definition) is 2. The molecule has 3 aromatic rings. The molecule has 0 fully saturated rings. The van der Waals surface area contributed by atoms with Crippen LogP contribution in [0.1, 0.15) is 21.5 Å². The third-order valence-corrected chi connectivity index (χ3v) is 3.94. The van der Waals surface area contributed by atoms with Gasteiger partial charge in [-0.25, -0.2) is 4.39 Å². The predicted molar refractivity (Wildman–Crippen MR) is 81.5 cm³/mol. The average Bonchev–Trinajstić information content (AvgIpc) is 2.76. The summed E-state index contributed by atoms with van der Waals surface area (Å²) in [6.07, 6.45) is 0. The maximum atomic E-state index is 13.4. The Bertz CT molecular complexity index is 970. The van der Waals surface area contributed by atoms with E-state index in [1.807, 2.05) is 24.3 Å². The highest BCUT2D eigenvalue weighted by molar-refractivity contribution is 6.39. The Morgan fingerprint density at radius 3 is 2.18 bits per heavy atom. The van der Waals surface area contributed by atoms with Crippen LogP contribution >= 0.6 is 0 Å². The lowest BCUT2D eigenvalue weighted by atomic mass is 10.00. The van der Waals surface area contributed by atoms with Crippen molar-refractivity contribution in [3.63, 3.8) is 0 Å². The molecule has 3 aromatic carbocycles. The van der Waals surface area contributed by atoms with Crippen molar-refractivity contribution in [2.24, 2.45) is 0 Å². The molecule has 1 aliphatic rings. The highest BCUT2D eigenvalue weighted by Crippen LogP contribution is 2.37. The van der Waals surface area contributed by atoms with Crippen LogP contribution in [0.5, 0.6) is 0 Å². The number of Topliss-reactive ketones (excluding diaryl/α,β-unsaturated/α-hetero) is 1. The lowest BCUT2D eigenvalue weighted by Crippen LogP contribution is -2.03. The SMILES string of the molecule is O=C1C(c2cccc(F)c2)=C([O-])c2cc3ccccc3cc21. The van der Waals surface area contributed by atoms with Crippen LogP contribution < -0.4 is 5.11 Å². The molecule has 0 radical (unpaired) electrons. The van der Waals surface area contributed by atoms with E-state index in [9.17, 15) is 14.3 Å². The van der Waals surface area contributed by atoms with Crippen molar-refractivity contribution in [2.45, 2.75) is 0 Å². The van der Waals surface area contributed by atoms with Crippen LogP contribution in [-0.4, -0.2) is 5.78 Å². The van der Waals surface area contributed by atoms with Gasteiger partial charge in [-0.1, -0.05) is 42.2 Å². The zero-order valence-corrected chi connectivity index (χ0v) is 11.5. The molecule has 106 valence electrons. The van der Waals surface area contributed by atoms with E-state index in [4.69, 9.17) is 0 Å². The van der Waals surface area contributed by atoms with Gasteiger partial charge in [0.1, 0.15) is 5.82 Å². The Balaban J connectivity index is 1.97. The van der Waals surface area contributed by atoms with Crippen molar-refractivity contribution in [1.82, 2.24) is 0 Å². The molecule has 0 spiro atoms. The number of ketones is 1. The first-order valence-corrected chi connectivity index (χ1v) is 6.90. The lowest BCUT2D eigenvalue weighted by molar-refractivity contribution is -0.242. The summed E-state index contributed by atoms with van der Waals surface area (Å²) in [6.45, 7) is 0. The summed E-state index contributed by atoms with van der Waals surface area (Å²) in [6, 6.07) is 16.6. The van der Waals surface area contributed by atoms with Gasteiger partial charge in [-0.2, -0.15) is 0 Å². The van der Waals surface area contributed by atoms with Crippen LogP contribution in [-0.2, 0) is 0 Å². The minimum Gasteiger partial charge on any atom is -0.872 e. The van der Waals surface area contributed by atoms with Crippen LogP contribution in [0.2, 0.25) is 0 Å². The van der Waals surface area contributed by atoms with Crippen LogP contribution in [0.15, 0.2) is 60.7 Å². The Morgan fingerprint density at radius 1 is 0.818 bits per heavy atom. The fourth-order valence-corrected chi connectivity index (χ4v) is 2.89. The zero-order chi connectivity index (χ0) is 15.3. The van der Waals surface area contributed by atoms with Gasteiger partial charge in [0, 0.05) is 11.1 Å². The number of rotatable bonds is 1. The molecule has 0 aliphatic heterocycles. The second-order valence-corrected chi connectivity index (χ2v) is 5.29. The first-order chi connectivity index (χ1) is 10.6. The fourth-order valence-electron chi connectivity index (χ4n) is 2.89. The summed E-state index contributed by atoms with van der Waals surface area (Å²) in [5, 5.41) is 14.4. The summed E-state index contributed by atoms with van der Waals surface area (Å²) in [5.74, 6) is -1.14. The smallest absolute Gasteiger partial charge is 0.193 e. The first kappa shape index (κ1) is 12.8. The molecule has 22 heavy (non-hydrogen) atoms. The highest BCUT2D eigenvalue weighted by atomic mass is 19.1. The molecule has 3 heteroatoms. The average molecular weight is 289 g/mol. The molecule has 0 heterocycles. The molecule has 0 saturated heterocycles. The van der Waals surface area contributed by atoms with Gasteiger partial charge in [0.25, 0.3) is 0 Å². The molecule has 0 N–H and O–H groups in total. The number of halogens is 1. The van der Waals surface area contributed by atoms with Crippen LogP contribution in [0.3, 0.4) is 0 Å². The van der Waals surface area contributed by atoms with Crippen molar-refractivity contribution < 1.29 is 14.3 Å². The van der Waals surface area contributed by atoms with Crippen molar-refractivity contribution in [2.75, 3.05) is 0 Å². The molecule has 0 saturated carbocycles. The second-order valence-electron chi connectivity index (χ2n) is 5.29. The molecule has 0 unspecified atom stereocenters. The lowest BCUT2D eigenvalue weighted by Gasteiger charge is -2.12. The Labute approximate surface area is 126 Å². The second kappa shape index (κ2) is 4.53. The third kappa shape index (κ3) is 1.76. The molecule has 1 aliphatic carbocycles. The van der Waals surface area contributed by atoms with E-state index in [-0.39, 0.29) is 17.1 Å². The van der Waals surface area contributed by atoms with E-state index in [0.29, 0.717) is 16.7 Å². The topological polar surface area (TPSA) is 40.1 Å². The predicted octanol–water partition coefficient (Wildman–Crippen LogP) is 3.40. The maximum absolute atomic E-state index is 13.4. The summed E-state index contributed by atoms with van der Waals surface area (Å²) in [4.78, 5) is 12.6. The highest BCUT2D eigenvalue weighted by Gasteiger charge is 2.26. The third-order valence-electron chi connectivity index (χ3n) is 3.94. The van der Waals surface area contributed by atoms with Gasteiger partial charge < -0.3 is 5.11 Å². The minimum atomic E-state index is -0.466. The van der Waals surface area contributed by atoms with Crippen molar-refractivity contribution in [1.29, 1.82) is 0 Å². The summed E-state index contributed by atoms with van der Waals surface area (Å²) < 4.78 is 13.4.